The lowest BCUT2D eigenvalue weighted by atomic mass is 9.84. The minimum Gasteiger partial charge on any atom is -0.330 e. The van der Waals surface area contributed by atoms with Crippen LogP contribution in [0.1, 0.15) is 26.7 Å². The monoisotopic (exact) mass is 188 g/mol. The maximum absolute atomic E-state index is 5.53. The summed E-state index contributed by atoms with van der Waals surface area (Å²) in [6.45, 7) is 7.77. The van der Waals surface area contributed by atoms with E-state index in [9.17, 15) is 0 Å². The van der Waals surface area contributed by atoms with E-state index in [0.29, 0.717) is 5.41 Å². The Labute approximate surface area is 81.4 Å². The summed E-state index contributed by atoms with van der Waals surface area (Å²) in [5.74, 6) is 5.31. The Bertz CT molecular complexity index is 102. The van der Waals surface area contributed by atoms with Crippen LogP contribution in [0.5, 0.6) is 0 Å². The van der Waals surface area contributed by atoms with Gasteiger partial charge in [-0.1, -0.05) is 13.8 Å². The molecule has 80 valence electrons. The fourth-order valence-corrected chi connectivity index (χ4v) is 1.77. The van der Waals surface area contributed by atoms with Crippen molar-refractivity contribution in [1.82, 2.24) is 10.7 Å². The topological polar surface area (TPSA) is 76.1 Å². The van der Waals surface area contributed by atoms with Crippen LogP contribution in [0.25, 0.3) is 0 Å². The second-order valence-electron chi connectivity index (χ2n) is 3.35. The number of hydrogen-bond donors (Lipinski definition) is 4. The molecule has 1 rings (SSSR count). The summed E-state index contributed by atoms with van der Waals surface area (Å²) < 4.78 is 0. The lowest BCUT2D eigenvalue weighted by Gasteiger charge is -2.26. The van der Waals surface area contributed by atoms with Crippen LogP contribution in [0.2, 0.25) is 0 Å². The summed E-state index contributed by atoms with van der Waals surface area (Å²) in [7, 11) is 0. The molecule has 0 aliphatic carbocycles. The zero-order chi connectivity index (χ0) is 10.2. The van der Waals surface area contributed by atoms with Crippen LogP contribution in [0.15, 0.2) is 0 Å². The Hall–Kier alpha value is -0.160. The third-order valence-electron chi connectivity index (χ3n) is 2.48. The highest BCUT2D eigenvalue weighted by atomic mass is 15.2. The third kappa shape index (κ3) is 4.04. The van der Waals surface area contributed by atoms with Crippen molar-refractivity contribution in [3.8, 4) is 0 Å². The first-order valence-electron chi connectivity index (χ1n) is 5.17. The quantitative estimate of drug-likeness (QED) is 0.364. The van der Waals surface area contributed by atoms with Gasteiger partial charge in [0.2, 0.25) is 0 Å². The SMILES string of the molecule is CC.NCCC1(CNN)CCNC1. The van der Waals surface area contributed by atoms with Gasteiger partial charge in [-0.25, -0.2) is 0 Å². The molecule has 13 heavy (non-hydrogen) atoms. The van der Waals surface area contributed by atoms with E-state index in [-0.39, 0.29) is 0 Å². The van der Waals surface area contributed by atoms with E-state index in [2.05, 4.69) is 10.7 Å². The molecule has 0 spiro atoms. The molecule has 1 aliphatic heterocycles. The Balaban J connectivity index is 0.000000671. The van der Waals surface area contributed by atoms with Crippen molar-refractivity contribution in [3.05, 3.63) is 0 Å². The van der Waals surface area contributed by atoms with Crippen LogP contribution in [0, 0.1) is 5.41 Å². The van der Waals surface area contributed by atoms with Gasteiger partial charge in [-0.2, -0.15) is 0 Å². The molecule has 1 saturated heterocycles. The molecule has 4 nitrogen and oxygen atoms in total. The van der Waals surface area contributed by atoms with Gasteiger partial charge in [0.05, 0.1) is 0 Å². The lowest BCUT2D eigenvalue weighted by molar-refractivity contribution is 0.286. The molecule has 4 heteroatoms. The molecule has 6 N–H and O–H groups in total. The van der Waals surface area contributed by atoms with Crippen molar-refractivity contribution < 1.29 is 0 Å². The summed E-state index contributed by atoms with van der Waals surface area (Å²) in [5, 5.41) is 3.33. The molecular weight excluding hydrogens is 164 g/mol. The highest BCUT2D eigenvalue weighted by Crippen LogP contribution is 2.27. The average molecular weight is 188 g/mol. The predicted octanol–water partition coefficient (Wildman–Crippen LogP) is -0.196. The summed E-state index contributed by atoms with van der Waals surface area (Å²) >= 11 is 0. The molecule has 0 aromatic carbocycles. The highest BCUT2D eigenvalue weighted by molar-refractivity contribution is 4.89. The minimum atomic E-state index is 0.323. The first kappa shape index (κ1) is 12.8. The molecular formula is C9H24N4. The van der Waals surface area contributed by atoms with Crippen LogP contribution >= 0.6 is 0 Å². The Morgan fingerprint density at radius 3 is 2.54 bits per heavy atom. The smallest absolute Gasteiger partial charge is 0.0167 e. The maximum Gasteiger partial charge on any atom is 0.0167 e. The van der Waals surface area contributed by atoms with Gasteiger partial charge in [0.1, 0.15) is 0 Å². The number of hydrazine groups is 1. The van der Waals surface area contributed by atoms with Gasteiger partial charge in [-0.15, -0.1) is 0 Å². The minimum absolute atomic E-state index is 0.323. The molecule has 1 unspecified atom stereocenters. The fourth-order valence-electron chi connectivity index (χ4n) is 1.77. The van der Waals surface area contributed by atoms with E-state index in [1.165, 1.54) is 6.42 Å². The molecule has 0 aromatic rings. The van der Waals surface area contributed by atoms with Gasteiger partial charge >= 0.3 is 0 Å². The molecule has 0 radical (unpaired) electrons. The molecule has 0 bridgehead atoms. The van der Waals surface area contributed by atoms with Crippen molar-refractivity contribution in [2.24, 2.45) is 17.0 Å². The van der Waals surface area contributed by atoms with Crippen molar-refractivity contribution >= 4 is 0 Å². The summed E-state index contributed by atoms with van der Waals surface area (Å²) in [6.07, 6.45) is 2.25. The summed E-state index contributed by atoms with van der Waals surface area (Å²) in [6, 6.07) is 0. The maximum atomic E-state index is 5.53. The fraction of sp³-hybridized carbons (Fsp3) is 1.00. The number of hydrogen-bond acceptors (Lipinski definition) is 4. The Kier molecular flexibility index (Phi) is 7.17. The van der Waals surface area contributed by atoms with Crippen LogP contribution in [-0.2, 0) is 0 Å². The summed E-state index contributed by atoms with van der Waals surface area (Å²) in [5.41, 5.74) is 8.59. The van der Waals surface area contributed by atoms with Gasteiger partial charge in [0, 0.05) is 13.1 Å². The molecule has 0 aromatic heterocycles. The van der Waals surface area contributed by atoms with Gasteiger partial charge in [-0.3, -0.25) is 11.3 Å². The average Bonchev–Trinajstić information content (AvgIpc) is 2.58. The lowest BCUT2D eigenvalue weighted by Crippen LogP contribution is -2.40. The number of rotatable bonds is 4. The first-order valence-corrected chi connectivity index (χ1v) is 5.17. The third-order valence-corrected chi connectivity index (χ3v) is 2.48. The van der Waals surface area contributed by atoms with E-state index in [0.717, 1.165) is 32.6 Å². The largest absolute Gasteiger partial charge is 0.330 e. The Morgan fingerprint density at radius 1 is 1.46 bits per heavy atom. The van der Waals surface area contributed by atoms with Crippen molar-refractivity contribution in [2.45, 2.75) is 26.7 Å². The van der Waals surface area contributed by atoms with E-state index in [1.807, 2.05) is 13.8 Å². The normalized spacial score (nSPS) is 26.8. The zero-order valence-electron chi connectivity index (χ0n) is 8.90. The number of nitrogens with two attached hydrogens (primary N) is 2. The van der Waals surface area contributed by atoms with E-state index in [1.54, 1.807) is 0 Å². The van der Waals surface area contributed by atoms with Crippen LogP contribution in [0.4, 0.5) is 0 Å². The molecule has 0 amide bonds. The van der Waals surface area contributed by atoms with Gasteiger partial charge < -0.3 is 11.1 Å². The molecule has 1 fully saturated rings. The Morgan fingerprint density at radius 2 is 2.15 bits per heavy atom. The van der Waals surface area contributed by atoms with Gasteiger partial charge in [0.25, 0.3) is 0 Å². The van der Waals surface area contributed by atoms with Crippen molar-refractivity contribution in [3.63, 3.8) is 0 Å². The molecule has 1 atom stereocenters. The van der Waals surface area contributed by atoms with Crippen LogP contribution in [0.3, 0.4) is 0 Å². The van der Waals surface area contributed by atoms with Gasteiger partial charge in [0.15, 0.2) is 0 Å². The second kappa shape index (κ2) is 7.26. The van der Waals surface area contributed by atoms with Crippen LogP contribution in [-0.4, -0.2) is 26.2 Å². The highest BCUT2D eigenvalue weighted by Gasteiger charge is 2.31. The van der Waals surface area contributed by atoms with Crippen LogP contribution < -0.4 is 22.3 Å². The standard InChI is InChI=1S/C7H18N4.C2H6/c8-3-1-7(6-11-9)2-4-10-5-7;1-2/h10-11H,1-6,8-9H2;1-2H3. The summed E-state index contributed by atoms with van der Waals surface area (Å²) in [4.78, 5) is 0. The first-order chi connectivity index (χ1) is 6.33. The van der Waals surface area contributed by atoms with E-state index >= 15 is 0 Å². The molecule has 1 aliphatic rings. The molecule has 0 saturated carbocycles. The predicted molar refractivity (Wildman–Crippen MR) is 57.1 cm³/mol. The van der Waals surface area contributed by atoms with Gasteiger partial charge in [-0.05, 0) is 31.3 Å². The van der Waals surface area contributed by atoms with E-state index < -0.39 is 0 Å². The zero-order valence-corrected chi connectivity index (χ0v) is 8.90. The molecule has 1 heterocycles. The van der Waals surface area contributed by atoms with E-state index in [4.69, 9.17) is 11.6 Å². The van der Waals surface area contributed by atoms with Crippen molar-refractivity contribution in [1.29, 1.82) is 0 Å². The van der Waals surface area contributed by atoms with Crippen molar-refractivity contribution in [2.75, 3.05) is 26.2 Å². The second-order valence-corrected chi connectivity index (χ2v) is 3.35. The number of nitrogens with one attached hydrogen (secondary N) is 2.